The summed E-state index contributed by atoms with van der Waals surface area (Å²) in [5.41, 5.74) is 5.59. The number of sulfonamides is 1. The molecule has 19 heavy (non-hydrogen) atoms. The second kappa shape index (κ2) is 5.44. The van der Waals surface area contributed by atoms with Crippen molar-refractivity contribution in [2.24, 2.45) is 0 Å². The maximum atomic E-state index is 13.8. The molecule has 2 rings (SSSR count). The first-order chi connectivity index (χ1) is 8.96. The molecule has 0 spiro atoms. The van der Waals surface area contributed by atoms with Crippen molar-refractivity contribution in [3.05, 3.63) is 24.0 Å². The molecule has 0 saturated carbocycles. The van der Waals surface area contributed by atoms with Crippen molar-refractivity contribution in [3.63, 3.8) is 0 Å². The number of hydrogen-bond donors (Lipinski definition) is 2. The predicted molar refractivity (Wildman–Crippen MR) is 69.4 cm³/mol. The maximum absolute atomic E-state index is 13.8. The van der Waals surface area contributed by atoms with E-state index >= 15 is 0 Å². The number of rotatable bonds is 3. The number of nitrogens with two attached hydrogens (primary N) is 1. The second-order valence-electron chi connectivity index (χ2n) is 4.64. The van der Waals surface area contributed by atoms with Crippen LogP contribution in [0.4, 0.5) is 10.1 Å². The molecule has 0 amide bonds. The summed E-state index contributed by atoms with van der Waals surface area (Å²) in [6.07, 6.45) is 2.17. The number of aliphatic hydroxyl groups is 1. The third-order valence-electron chi connectivity index (χ3n) is 3.33. The first kappa shape index (κ1) is 14.2. The fraction of sp³-hybridized carbons (Fsp3) is 0.500. The largest absolute Gasteiger partial charge is 0.399 e. The van der Waals surface area contributed by atoms with E-state index < -0.39 is 21.9 Å². The van der Waals surface area contributed by atoms with E-state index in [-0.39, 0.29) is 17.2 Å². The highest BCUT2D eigenvalue weighted by Crippen LogP contribution is 2.27. The summed E-state index contributed by atoms with van der Waals surface area (Å²) in [4.78, 5) is -0.387. The maximum Gasteiger partial charge on any atom is 0.246 e. The Bertz CT molecular complexity index is 562. The highest BCUT2D eigenvalue weighted by Gasteiger charge is 2.34. The molecule has 0 aromatic heterocycles. The summed E-state index contributed by atoms with van der Waals surface area (Å²) < 4.78 is 39.8. The first-order valence-corrected chi connectivity index (χ1v) is 7.58. The number of nitrogens with zero attached hydrogens (tertiary/aromatic N) is 1. The van der Waals surface area contributed by atoms with Crippen LogP contribution in [0.25, 0.3) is 0 Å². The summed E-state index contributed by atoms with van der Waals surface area (Å²) >= 11 is 0. The smallest absolute Gasteiger partial charge is 0.246 e. The molecule has 1 aromatic rings. The van der Waals surface area contributed by atoms with Crippen molar-refractivity contribution >= 4 is 15.7 Å². The quantitative estimate of drug-likeness (QED) is 0.811. The summed E-state index contributed by atoms with van der Waals surface area (Å²) in [6, 6.07) is 3.04. The van der Waals surface area contributed by atoms with Gasteiger partial charge in [-0.05, 0) is 31.0 Å². The zero-order valence-corrected chi connectivity index (χ0v) is 11.2. The Morgan fingerprint density at radius 2 is 2.16 bits per heavy atom. The first-order valence-electron chi connectivity index (χ1n) is 6.14. The van der Waals surface area contributed by atoms with E-state index in [2.05, 4.69) is 0 Å². The lowest BCUT2D eigenvalue weighted by Gasteiger charge is -2.33. The Kier molecular flexibility index (Phi) is 4.07. The van der Waals surface area contributed by atoms with Gasteiger partial charge in [0.25, 0.3) is 0 Å². The van der Waals surface area contributed by atoms with Crippen LogP contribution in [-0.2, 0) is 10.0 Å². The Labute approximate surface area is 111 Å². The standard InChI is InChI=1S/C12H17FN2O3S/c13-11-7-9(14)4-5-12(11)19(17,18)15-6-2-1-3-10(15)8-16/h4-5,7,10,16H,1-3,6,8,14H2. The van der Waals surface area contributed by atoms with Crippen LogP contribution >= 0.6 is 0 Å². The molecule has 1 heterocycles. The van der Waals surface area contributed by atoms with E-state index in [1.54, 1.807) is 0 Å². The average Bonchev–Trinajstić information content (AvgIpc) is 2.38. The molecule has 1 unspecified atom stereocenters. The van der Waals surface area contributed by atoms with E-state index in [0.717, 1.165) is 12.5 Å². The zero-order valence-electron chi connectivity index (χ0n) is 10.4. The van der Waals surface area contributed by atoms with Crippen LogP contribution in [0, 0.1) is 5.82 Å². The molecular formula is C12H17FN2O3S. The Morgan fingerprint density at radius 3 is 2.79 bits per heavy atom. The predicted octanol–water partition coefficient (Wildman–Crippen LogP) is 0.943. The Balaban J connectivity index is 2.40. The van der Waals surface area contributed by atoms with Gasteiger partial charge >= 0.3 is 0 Å². The number of piperidine rings is 1. The van der Waals surface area contributed by atoms with Gasteiger partial charge in [0.15, 0.2) is 0 Å². The molecule has 7 heteroatoms. The van der Waals surface area contributed by atoms with Gasteiger partial charge in [-0.25, -0.2) is 12.8 Å². The molecule has 1 atom stereocenters. The number of benzene rings is 1. The van der Waals surface area contributed by atoms with Crippen LogP contribution in [0.15, 0.2) is 23.1 Å². The SMILES string of the molecule is Nc1ccc(S(=O)(=O)N2CCCCC2CO)c(F)c1. The number of aliphatic hydroxyl groups excluding tert-OH is 1. The van der Waals surface area contributed by atoms with Gasteiger partial charge in [0, 0.05) is 18.3 Å². The molecule has 1 aromatic carbocycles. The topological polar surface area (TPSA) is 83.6 Å². The lowest BCUT2D eigenvalue weighted by atomic mass is 10.1. The molecule has 1 aliphatic heterocycles. The molecule has 0 radical (unpaired) electrons. The zero-order chi connectivity index (χ0) is 14.0. The fourth-order valence-corrected chi connectivity index (χ4v) is 4.06. The molecule has 0 bridgehead atoms. The highest BCUT2D eigenvalue weighted by atomic mass is 32.2. The summed E-state index contributed by atoms with van der Waals surface area (Å²) in [5, 5.41) is 9.27. The summed E-state index contributed by atoms with van der Waals surface area (Å²) in [5.74, 6) is -0.859. The van der Waals surface area contributed by atoms with Crippen LogP contribution in [-0.4, -0.2) is 37.0 Å². The van der Waals surface area contributed by atoms with Crippen LogP contribution in [0.5, 0.6) is 0 Å². The van der Waals surface area contributed by atoms with E-state index in [1.807, 2.05) is 0 Å². The second-order valence-corrected chi connectivity index (χ2v) is 6.50. The van der Waals surface area contributed by atoms with Gasteiger partial charge in [0.1, 0.15) is 10.7 Å². The number of anilines is 1. The van der Waals surface area contributed by atoms with Crippen LogP contribution in [0.3, 0.4) is 0 Å². The molecule has 3 N–H and O–H groups in total. The normalized spacial score (nSPS) is 21.5. The van der Waals surface area contributed by atoms with Crippen molar-refractivity contribution in [2.75, 3.05) is 18.9 Å². The molecular weight excluding hydrogens is 271 g/mol. The minimum Gasteiger partial charge on any atom is -0.399 e. The molecule has 5 nitrogen and oxygen atoms in total. The number of nitrogen functional groups attached to an aromatic ring is 1. The van der Waals surface area contributed by atoms with E-state index in [9.17, 15) is 17.9 Å². The number of hydrogen-bond acceptors (Lipinski definition) is 4. The van der Waals surface area contributed by atoms with Crippen molar-refractivity contribution < 1.29 is 17.9 Å². The van der Waals surface area contributed by atoms with Gasteiger partial charge in [0.05, 0.1) is 6.61 Å². The Hall–Kier alpha value is -1.18. The summed E-state index contributed by atoms with van der Waals surface area (Å²) in [7, 11) is -3.93. The van der Waals surface area contributed by atoms with E-state index in [1.165, 1.54) is 16.4 Å². The van der Waals surface area contributed by atoms with Crippen molar-refractivity contribution in [1.82, 2.24) is 4.31 Å². The average molecular weight is 288 g/mol. The monoisotopic (exact) mass is 288 g/mol. The van der Waals surface area contributed by atoms with E-state index in [4.69, 9.17) is 5.73 Å². The van der Waals surface area contributed by atoms with Gasteiger partial charge in [-0.3, -0.25) is 0 Å². The third-order valence-corrected chi connectivity index (χ3v) is 5.31. The van der Waals surface area contributed by atoms with E-state index in [0.29, 0.717) is 19.4 Å². The van der Waals surface area contributed by atoms with Crippen LogP contribution in [0.1, 0.15) is 19.3 Å². The molecule has 0 aliphatic carbocycles. The minimum absolute atomic E-state index is 0.175. The van der Waals surface area contributed by atoms with Crippen molar-refractivity contribution in [2.45, 2.75) is 30.2 Å². The highest BCUT2D eigenvalue weighted by molar-refractivity contribution is 7.89. The van der Waals surface area contributed by atoms with Gasteiger partial charge in [0.2, 0.25) is 10.0 Å². The summed E-state index contributed by atoms with van der Waals surface area (Å²) in [6.45, 7) is 0.0488. The molecule has 1 aliphatic rings. The van der Waals surface area contributed by atoms with Gasteiger partial charge in [-0.2, -0.15) is 4.31 Å². The fourth-order valence-electron chi connectivity index (χ4n) is 2.33. The van der Waals surface area contributed by atoms with Crippen LogP contribution in [0.2, 0.25) is 0 Å². The van der Waals surface area contributed by atoms with Gasteiger partial charge < -0.3 is 10.8 Å². The lowest BCUT2D eigenvalue weighted by molar-refractivity contribution is 0.155. The third kappa shape index (κ3) is 2.72. The number of halogens is 1. The molecule has 106 valence electrons. The van der Waals surface area contributed by atoms with Crippen molar-refractivity contribution in [3.8, 4) is 0 Å². The lowest BCUT2D eigenvalue weighted by Crippen LogP contribution is -2.45. The van der Waals surface area contributed by atoms with Crippen LogP contribution < -0.4 is 5.73 Å². The van der Waals surface area contributed by atoms with Gasteiger partial charge in [-0.15, -0.1) is 0 Å². The Morgan fingerprint density at radius 1 is 1.42 bits per heavy atom. The minimum atomic E-state index is -3.93. The molecule has 1 saturated heterocycles. The van der Waals surface area contributed by atoms with Crippen molar-refractivity contribution in [1.29, 1.82) is 0 Å². The van der Waals surface area contributed by atoms with Gasteiger partial charge in [-0.1, -0.05) is 6.42 Å². The molecule has 1 fully saturated rings.